The Bertz CT molecular complexity index is 3020. The number of hydrogen-bond acceptors (Lipinski definition) is 27. The zero-order chi connectivity index (χ0) is 69.7. The number of pyridine rings is 1. The van der Waals surface area contributed by atoms with Crippen LogP contribution in [0.3, 0.4) is 0 Å². The number of carbonyl (C=O) groups is 2. The first kappa shape index (κ1) is 74.1. The van der Waals surface area contributed by atoms with E-state index >= 15 is 0 Å². The normalized spacial score (nSPS) is 46.5. The van der Waals surface area contributed by atoms with Crippen LogP contribution in [0.25, 0.3) is 6.08 Å². The molecule has 542 valence electrons. The molecule has 5 saturated heterocycles. The van der Waals surface area contributed by atoms with Gasteiger partial charge in [-0.2, -0.15) is 0 Å². The molecule has 27 nitrogen and oxygen atoms in total. The van der Waals surface area contributed by atoms with Crippen LogP contribution in [0.15, 0.2) is 72.5 Å². The maximum absolute atomic E-state index is 14.0. The summed E-state index contributed by atoms with van der Waals surface area (Å²) in [6, 6.07) is 14.1. The van der Waals surface area contributed by atoms with E-state index in [9.17, 15) is 50.4 Å². The Morgan fingerprint density at radius 1 is 0.639 bits per heavy atom. The summed E-state index contributed by atoms with van der Waals surface area (Å²) in [5.41, 5.74) is -6.46. The molecule has 6 heterocycles. The number of hydrogen-bond donors (Lipinski definition) is 8. The molecular weight excluding hydrogens is 1270 g/mol. The second-order valence-corrected chi connectivity index (χ2v) is 28.3. The lowest BCUT2D eigenvalue weighted by atomic mass is 9.42. The molecule has 8 N–H and O–H groups in total. The van der Waals surface area contributed by atoms with Gasteiger partial charge < -0.3 is 117 Å². The van der Waals surface area contributed by atoms with Crippen LogP contribution >= 0.6 is 0 Å². The SMILES string of the molecule is CO[C@@H]1[C@@H](O)[C@H](O[C@H]2[C@@H](OC)C[C@H](O[C@H]3[C@@H](OC)C[C@H](O[C@H]4[C@@H](OC)C[C@H](O[C@H]5CC[C@@]6(C)C(=CC[C@]7(O)[C@@H]6C[C@@H](OC(=O)/C=C\c6ccccc6)[C@@]6(C)[C@]7(O)CC[C@]6(O)[C@H](C)OC(=O)c6ccccn6)C5)O[C@@H]4C)O[C@@H]3C)O[C@@H]2C)O[C@H](C)[C@H]1O[C@@H]1O[C@H](CO)[C@@H](O)[C@H](O)[C@H]1O. The maximum Gasteiger partial charge on any atom is 0.357 e. The summed E-state index contributed by atoms with van der Waals surface area (Å²) < 4.78 is 100. The summed E-state index contributed by atoms with van der Waals surface area (Å²) in [5, 5.41) is 92.5. The number of nitrogens with zero attached hydrogens (tertiary/aromatic N) is 1. The van der Waals surface area contributed by atoms with Gasteiger partial charge in [0, 0.05) is 65.9 Å². The predicted octanol–water partition coefficient (Wildman–Crippen LogP) is 3.08. The van der Waals surface area contributed by atoms with Gasteiger partial charge >= 0.3 is 11.9 Å². The molecule has 0 amide bonds. The van der Waals surface area contributed by atoms with E-state index < -0.39 is 200 Å². The fourth-order valence-electron chi connectivity index (χ4n) is 17.5. The summed E-state index contributed by atoms with van der Waals surface area (Å²) in [4.78, 5) is 31.6. The molecule has 11 rings (SSSR count). The second kappa shape index (κ2) is 30.1. The monoisotopic (exact) mass is 1370 g/mol. The summed E-state index contributed by atoms with van der Waals surface area (Å²) >= 11 is 0. The molecule has 0 radical (unpaired) electrons. The molecule has 31 atom stereocenters. The van der Waals surface area contributed by atoms with Gasteiger partial charge in [0.1, 0.15) is 95.7 Å². The number of rotatable bonds is 21. The van der Waals surface area contributed by atoms with Gasteiger partial charge in [-0.15, -0.1) is 0 Å². The van der Waals surface area contributed by atoms with Gasteiger partial charge in [0.05, 0.1) is 60.9 Å². The first-order valence-corrected chi connectivity index (χ1v) is 34.1. The molecule has 0 spiro atoms. The Morgan fingerprint density at radius 2 is 1.21 bits per heavy atom. The van der Waals surface area contributed by atoms with Crippen molar-refractivity contribution in [3.8, 4) is 0 Å². The van der Waals surface area contributed by atoms with E-state index in [-0.39, 0.29) is 50.3 Å². The van der Waals surface area contributed by atoms with Gasteiger partial charge in [0.15, 0.2) is 31.5 Å². The predicted molar refractivity (Wildman–Crippen MR) is 338 cm³/mol. The fourth-order valence-corrected chi connectivity index (χ4v) is 17.5. The number of esters is 2. The lowest BCUT2D eigenvalue weighted by molar-refractivity contribution is -0.374. The van der Waals surface area contributed by atoms with Crippen molar-refractivity contribution in [3.63, 3.8) is 0 Å². The third-order valence-electron chi connectivity index (χ3n) is 23.1. The van der Waals surface area contributed by atoms with Gasteiger partial charge in [0.25, 0.3) is 0 Å². The topological polar surface area (TPSA) is 357 Å². The lowest BCUT2D eigenvalue weighted by Gasteiger charge is -2.67. The minimum absolute atomic E-state index is 0.0329. The minimum atomic E-state index is -2.04. The van der Waals surface area contributed by atoms with E-state index in [0.717, 1.165) is 11.1 Å². The van der Waals surface area contributed by atoms with E-state index in [2.05, 4.69) is 11.9 Å². The molecule has 4 aliphatic carbocycles. The molecule has 8 fully saturated rings. The number of ether oxygens (including phenoxy) is 16. The highest BCUT2D eigenvalue weighted by molar-refractivity contribution is 5.88. The molecular formula is C70H101NO26. The van der Waals surface area contributed by atoms with Gasteiger partial charge in [-0.05, 0) is 109 Å². The average Bonchev–Trinajstić information content (AvgIpc) is 1.58. The largest absolute Gasteiger partial charge is 0.458 e. The number of fused-ring (bicyclic) bond motifs is 5. The fraction of sp³-hybridized carbons (Fsp3) is 0.757. The quantitative estimate of drug-likeness (QED) is 0.0506. The zero-order valence-corrected chi connectivity index (χ0v) is 57.1. The van der Waals surface area contributed by atoms with Crippen LogP contribution in [0.2, 0.25) is 0 Å². The Hall–Kier alpha value is -4.09. The molecule has 3 saturated carbocycles. The Balaban J connectivity index is 0.698. The molecule has 97 heavy (non-hydrogen) atoms. The van der Waals surface area contributed by atoms with E-state index in [1.165, 1.54) is 32.6 Å². The average molecular weight is 1370 g/mol. The van der Waals surface area contributed by atoms with Crippen molar-refractivity contribution in [1.82, 2.24) is 4.98 Å². The maximum atomic E-state index is 14.0. The van der Waals surface area contributed by atoms with Crippen molar-refractivity contribution in [1.29, 1.82) is 0 Å². The van der Waals surface area contributed by atoms with E-state index in [4.69, 9.17) is 75.8 Å². The Morgan fingerprint density at radius 3 is 1.78 bits per heavy atom. The molecule has 1 aromatic carbocycles. The highest BCUT2D eigenvalue weighted by atomic mass is 16.8. The van der Waals surface area contributed by atoms with Crippen LogP contribution in [0.1, 0.15) is 129 Å². The molecule has 27 heteroatoms. The van der Waals surface area contributed by atoms with Crippen molar-refractivity contribution < 1.29 is 126 Å². The molecule has 2 aromatic rings. The van der Waals surface area contributed by atoms with Crippen molar-refractivity contribution in [3.05, 3.63) is 83.7 Å². The van der Waals surface area contributed by atoms with Crippen LogP contribution in [-0.2, 0) is 80.6 Å². The van der Waals surface area contributed by atoms with Crippen LogP contribution in [-0.4, -0.2) is 263 Å². The lowest BCUT2D eigenvalue weighted by Crippen LogP contribution is -2.78. The summed E-state index contributed by atoms with van der Waals surface area (Å²) in [7, 11) is 6.10. The number of methoxy groups -OCH3 is 4. The van der Waals surface area contributed by atoms with Gasteiger partial charge in [0.2, 0.25) is 0 Å². The summed E-state index contributed by atoms with van der Waals surface area (Å²) in [5.74, 6) is -2.12. The van der Waals surface area contributed by atoms with Gasteiger partial charge in [-0.25, -0.2) is 14.6 Å². The summed E-state index contributed by atoms with van der Waals surface area (Å²) in [6.07, 6.45) is -14.8. The van der Waals surface area contributed by atoms with Crippen LogP contribution in [0, 0.1) is 16.7 Å². The Labute approximate surface area is 565 Å². The first-order chi connectivity index (χ1) is 46.2. The van der Waals surface area contributed by atoms with E-state index in [0.29, 0.717) is 25.7 Å². The number of aromatic nitrogens is 1. The van der Waals surface area contributed by atoms with E-state index in [1.54, 1.807) is 60.1 Å². The van der Waals surface area contributed by atoms with Crippen molar-refractivity contribution in [2.45, 2.75) is 283 Å². The van der Waals surface area contributed by atoms with Crippen LogP contribution in [0.4, 0.5) is 0 Å². The molecule has 0 unspecified atom stereocenters. The van der Waals surface area contributed by atoms with Crippen molar-refractivity contribution in [2.75, 3.05) is 35.0 Å². The molecule has 1 aromatic heterocycles. The zero-order valence-electron chi connectivity index (χ0n) is 57.1. The third-order valence-corrected chi connectivity index (χ3v) is 23.1. The van der Waals surface area contributed by atoms with Crippen LogP contribution in [0.5, 0.6) is 0 Å². The van der Waals surface area contributed by atoms with Gasteiger partial charge in [-0.3, -0.25) is 0 Å². The number of benzene rings is 1. The molecule has 9 aliphatic rings. The second-order valence-electron chi connectivity index (χ2n) is 28.3. The molecule has 5 aliphatic heterocycles. The first-order valence-electron chi connectivity index (χ1n) is 34.1. The standard InChI is InChI=1S/C70H101NO26/c1-35-58(94-52-31-45(83-9)59(36(2)87-52)95-53-32-46(84-10)60(37(3)88-53)96-65-57(77)62(85-11)61(38(4)89-65)97-64-56(76)55(75)54(74)47(34-72)92-64)44(82-8)30-51(86-35)91-42-23-24-66(6)41(29-42)22-25-69(80)48(66)33-49(93-50(73)21-20-40-17-13-12-14-18-40)67(7)68(79,26-27-70(67,69)81)39(5)90-63(78)43-19-15-16-28-71-43/h12-22,28,35-39,42,44-49,51-62,64-65,72,74-77,79-81H,23-27,29-34H2,1-11H3/b21-20-/t35-,36-,37-,38-,39+,42+,44+,45+,46+,47-,48-,49-,51+,52+,53+,54-,55+,56-,57-,58-,59-,60-,61-,62-,64+,65+,66+,67-,68+,69+,70-/m1/s1. The number of carbonyl (C=O) groups excluding carboxylic acids is 2. The van der Waals surface area contributed by atoms with E-state index in [1.807, 2.05) is 50.3 Å². The third kappa shape index (κ3) is 13.9. The highest BCUT2D eigenvalue weighted by Crippen LogP contribution is 2.71. The van der Waals surface area contributed by atoms with Crippen LogP contribution < -0.4 is 0 Å². The number of aliphatic hydroxyl groups excluding tert-OH is 5. The minimum Gasteiger partial charge on any atom is -0.458 e. The molecule has 0 bridgehead atoms. The Kier molecular flexibility index (Phi) is 23.0. The van der Waals surface area contributed by atoms with Gasteiger partial charge in [-0.1, -0.05) is 61.9 Å². The smallest absolute Gasteiger partial charge is 0.357 e. The number of aliphatic hydroxyl groups is 8. The van der Waals surface area contributed by atoms with Crippen molar-refractivity contribution in [2.24, 2.45) is 16.7 Å². The van der Waals surface area contributed by atoms with Crippen molar-refractivity contribution >= 4 is 18.0 Å². The summed E-state index contributed by atoms with van der Waals surface area (Å²) in [6.45, 7) is 11.8. The highest BCUT2D eigenvalue weighted by Gasteiger charge is 2.82.